The van der Waals surface area contributed by atoms with Crippen molar-refractivity contribution < 1.29 is 14.4 Å². The smallest absolute Gasteiger partial charge is 0.226 e. The van der Waals surface area contributed by atoms with Gasteiger partial charge in [0.1, 0.15) is 6.07 Å². The molecule has 6 aliphatic rings. The summed E-state index contributed by atoms with van der Waals surface area (Å²) in [6, 6.07) is 2.20. The molecule has 0 radical (unpaired) electrons. The molecule has 6 rings (SSSR count). The number of amides is 1. The maximum atomic E-state index is 14.4. The van der Waals surface area contributed by atoms with Crippen molar-refractivity contribution in [2.45, 2.75) is 92.9 Å². The van der Waals surface area contributed by atoms with Gasteiger partial charge >= 0.3 is 0 Å². The molecule has 3 unspecified atom stereocenters. The average molecular weight is 503 g/mol. The summed E-state index contributed by atoms with van der Waals surface area (Å²) in [4.78, 5) is 41.2. The van der Waals surface area contributed by atoms with Gasteiger partial charge in [-0.2, -0.15) is 5.26 Å². The standard InChI is InChI=1S/C32H42N2O3/c1-26(2)8-11-31(25(37)34-7)12-9-28(4)23(20(31)16-26)21(35)14-22-27(28,3)10-13-32-18-30(32,6)24(36)19(17-33)15-29(22,32)5/h14-15,20,23H,8-13,16,18H2,1-7H3,(H,34,37)/t20?,23?,27-,28-,29-,30?,31+,32+/m1/s1. The third-order valence-corrected chi connectivity index (χ3v) is 13.5. The van der Waals surface area contributed by atoms with E-state index in [9.17, 15) is 19.6 Å². The molecule has 5 heteroatoms. The first kappa shape index (κ1) is 25.1. The van der Waals surface area contributed by atoms with Gasteiger partial charge in [-0.15, -0.1) is 0 Å². The third kappa shape index (κ3) is 2.55. The SMILES string of the molecule is CNC(=O)[C@]12CCC(C)(C)CC1C1C(=O)C=C3[C@@]4(C)C=C(C#N)C(=O)C5(C)C[C@]54CC[C@@]3(C)[C@]1(C)CC2. The van der Waals surface area contributed by atoms with E-state index in [4.69, 9.17) is 0 Å². The van der Waals surface area contributed by atoms with Gasteiger partial charge in [0.15, 0.2) is 11.6 Å². The van der Waals surface area contributed by atoms with Crippen LogP contribution in [0.5, 0.6) is 0 Å². The molecule has 0 aromatic carbocycles. The minimum atomic E-state index is -0.515. The summed E-state index contributed by atoms with van der Waals surface area (Å²) >= 11 is 0. The number of carbonyl (C=O) groups excluding carboxylic acids is 3. The Kier molecular flexibility index (Phi) is 4.64. The van der Waals surface area contributed by atoms with E-state index in [1.54, 1.807) is 7.05 Å². The third-order valence-electron chi connectivity index (χ3n) is 13.5. The monoisotopic (exact) mass is 502 g/mol. The lowest BCUT2D eigenvalue weighted by Crippen LogP contribution is -2.66. The summed E-state index contributed by atoms with van der Waals surface area (Å²) in [6.07, 6.45) is 10.9. The van der Waals surface area contributed by atoms with Crippen LogP contribution >= 0.6 is 0 Å². The molecule has 198 valence electrons. The topological polar surface area (TPSA) is 87.0 Å². The van der Waals surface area contributed by atoms with Gasteiger partial charge in [0, 0.05) is 23.8 Å². The van der Waals surface area contributed by atoms with Gasteiger partial charge in [0.2, 0.25) is 5.91 Å². The molecule has 1 spiro atoms. The molecule has 8 atom stereocenters. The van der Waals surface area contributed by atoms with Crippen LogP contribution in [0.4, 0.5) is 0 Å². The Hall–Kier alpha value is -2.22. The highest BCUT2D eigenvalue weighted by Gasteiger charge is 2.81. The van der Waals surface area contributed by atoms with Crippen LogP contribution in [-0.2, 0) is 14.4 Å². The van der Waals surface area contributed by atoms with Crippen LogP contribution < -0.4 is 5.32 Å². The van der Waals surface area contributed by atoms with Gasteiger partial charge in [-0.05, 0) is 90.6 Å². The highest BCUT2D eigenvalue weighted by Crippen LogP contribution is 2.85. The van der Waals surface area contributed by atoms with E-state index in [2.05, 4.69) is 46.0 Å². The molecule has 0 heterocycles. The molecule has 0 bridgehead atoms. The number of fused-ring (bicyclic) bond motifs is 6. The first-order valence-electron chi connectivity index (χ1n) is 14.3. The number of nitriles is 1. The summed E-state index contributed by atoms with van der Waals surface area (Å²) in [6.45, 7) is 13.5. The van der Waals surface area contributed by atoms with Crippen molar-refractivity contribution in [1.82, 2.24) is 5.32 Å². The van der Waals surface area contributed by atoms with Crippen LogP contribution in [0, 0.1) is 61.1 Å². The molecule has 0 aliphatic heterocycles. The van der Waals surface area contributed by atoms with E-state index in [-0.39, 0.29) is 56.5 Å². The molecule has 1 amide bonds. The number of rotatable bonds is 1. The van der Waals surface area contributed by atoms with Crippen molar-refractivity contribution in [3.63, 3.8) is 0 Å². The lowest BCUT2D eigenvalue weighted by atomic mass is 9.34. The lowest BCUT2D eigenvalue weighted by Gasteiger charge is -2.68. The summed E-state index contributed by atoms with van der Waals surface area (Å²) in [5.41, 5.74) is -0.702. The molecule has 6 aliphatic carbocycles. The fourth-order valence-electron chi connectivity index (χ4n) is 11.0. The number of carbonyl (C=O) groups is 3. The largest absolute Gasteiger partial charge is 0.359 e. The second-order valence-electron chi connectivity index (χ2n) is 15.2. The van der Waals surface area contributed by atoms with Crippen molar-refractivity contribution in [1.29, 1.82) is 5.26 Å². The van der Waals surface area contributed by atoms with E-state index < -0.39 is 16.2 Å². The molecular weight excluding hydrogens is 460 g/mol. The highest BCUT2D eigenvalue weighted by molar-refractivity contribution is 6.08. The molecule has 0 aromatic rings. The molecule has 0 aromatic heterocycles. The van der Waals surface area contributed by atoms with Gasteiger partial charge < -0.3 is 5.32 Å². The number of hydrogen-bond acceptors (Lipinski definition) is 4. The summed E-state index contributed by atoms with van der Waals surface area (Å²) in [5, 5.41) is 12.9. The van der Waals surface area contributed by atoms with Gasteiger partial charge in [0.25, 0.3) is 0 Å². The molecule has 1 N–H and O–H groups in total. The van der Waals surface area contributed by atoms with E-state index in [0.717, 1.165) is 56.9 Å². The average Bonchev–Trinajstić information content (AvgIpc) is 3.49. The predicted octanol–water partition coefficient (Wildman–Crippen LogP) is 5.71. The van der Waals surface area contributed by atoms with E-state index in [1.165, 1.54) is 0 Å². The van der Waals surface area contributed by atoms with Crippen molar-refractivity contribution >= 4 is 17.5 Å². The maximum absolute atomic E-state index is 14.4. The Labute approximate surface area is 221 Å². The first-order chi connectivity index (χ1) is 17.1. The first-order valence-corrected chi connectivity index (χ1v) is 14.3. The molecule has 37 heavy (non-hydrogen) atoms. The Morgan fingerprint density at radius 1 is 0.973 bits per heavy atom. The number of nitrogens with zero attached hydrogens (tertiary/aromatic N) is 1. The zero-order valence-electron chi connectivity index (χ0n) is 23.6. The van der Waals surface area contributed by atoms with Crippen molar-refractivity contribution in [3.8, 4) is 6.07 Å². The summed E-state index contributed by atoms with van der Waals surface area (Å²) < 4.78 is 0. The Bertz CT molecular complexity index is 1270. The fourth-order valence-corrected chi connectivity index (χ4v) is 11.0. The summed E-state index contributed by atoms with van der Waals surface area (Å²) in [7, 11) is 1.74. The second kappa shape index (κ2) is 6.85. The predicted molar refractivity (Wildman–Crippen MR) is 141 cm³/mol. The van der Waals surface area contributed by atoms with Crippen LogP contribution in [-0.4, -0.2) is 24.5 Å². The molecule has 0 saturated heterocycles. The van der Waals surface area contributed by atoms with Crippen LogP contribution in [0.2, 0.25) is 0 Å². The quantitative estimate of drug-likeness (QED) is 0.498. The summed E-state index contributed by atoms with van der Waals surface area (Å²) in [5.74, 6) is 0.0822. The number of ketones is 2. The Balaban J connectivity index is 1.54. The Morgan fingerprint density at radius 3 is 2.30 bits per heavy atom. The van der Waals surface area contributed by atoms with E-state index in [1.807, 2.05) is 19.1 Å². The number of nitrogens with one attached hydrogen (secondary N) is 1. The Morgan fingerprint density at radius 2 is 1.65 bits per heavy atom. The van der Waals surface area contributed by atoms with Gasteiger partial charge in [0.05, 0.1) is 11.0 Å². The minimum absolute atomic E-state index is 0.0135. The van der Waals surface area contributed by atoms with Gasteiger partial charge in [-0.25, -0.2) is 0 Å². The lowest BCUT2D eigenvalue weighted by molar-refractivity contribution is -0.177. The van der Waals surface area contributed by atoms with Crippen LogP contribution in [0.1, 0.15) is 92.9 Å². The number of Topliss-reactive ketones (excluding diaryl/α,β-unsaturated/α-hetero) is 1. The zero-order chi connectivity index (χ0) is 27.0. The van der Waals surface area contributed by atoms with E-state index in [0.29, 0.717) is 0 Å². The van der Waals surface area contributed by atoms with Crippen LogP contribution in [0.25, 0.3) is 0 Å². The van der Waals surface area contributed by atoms with Crippen LogP contribution in [0.3, 0.4) is 0 Å². The maximum Gasteiger partial charge on any atom is 0.226 e. The molecule has 4 fully saturated rings. The van der Waals surface area contributed by atoms with Crippen molar-refractivity contribution in [2.24, 2.45) is 49.7 Å². The second-order valence-corrected chi connectivity index (χ2v) is 15.2. The molecule has 4 saturated carbocycles. The molecule has 5 nitrogen and oxygen atoms in total. The van der Waals surface area contributed by atoms with Crippen molar-refractivity contribution in [2.75, 3.05) is 7.05 Å². The van der Waals surface area contributed by atoms with Crippen LogP contribution in [0.15, 0.2) is 23.3 Å². The van der Waals surface area contributed by atoms with Gasteiger partial charge in [-0.3, -0.25) is 14.4 Å². The normalized spacial score (nSPS) is 51.1. The number of allylic oxidation sites excluding steroid dienone is 4. The van der Waals surface area contributed by atoms with Gasteiger partial charge in [-0.1, -0.05) is 47.6 Å². The highest BCUT2D eigenvalue weighted by atomic mass is 16.2. The van der Waals surface area contributed by atoms with Crippen molar-refractivity contribution in [3.05, 3.63) is 23.3 Å². The fraction of sp³-hybridized carbons (Fsp3) is 0.750. The van der Waals surface area contributed by atoms with E-state index >= 15 is 0 Å². The minimum Gasteiger partial charge on any atom is -0.359 e. The molecular formula is C32H42N2O3. The number of hydrogen-bond donors (Lipinski definition) is 1. The zero-order valence-corrected chi connectivity index (χ0v) is 23.6.